The highest BCUT2D eigenvalue weighted by molar-refractivity contribution is 5.85. The van der Waals surface area contributed by atoms with Crippen LogP contribution in [0.5, 0.6) is 0 Å². The Hall–Kier alpha value is -0.0300. The van der Waals surface area contributed by atoms with Gasteiger partial charge in [0.15, 0.2) is 0 Å². The second-order valence-electron chi connectivity index (χ2n) is 5.65. The molecule has 20 heavy (non-hydrogen) atoms. The zero-order valence-corrected chi connectivity index (χ0v) is 13.9. The van der Waals surface area contributed by atoms with Crippen LogP contribution in [0.3, 0.4) is 0 Å². The Bertz CT molecular complexity index is 255. The average Bonchev–Trinajstić information content (AvgIpc) is 2.91. The molecule has 1 atom stereocenters. The second-order valence-corrected chi connectivity index (χ2v) is 5.65. The van der Waals surface area contributed by atoms with E-state index in [2.05, 4.69) is 15.5 Å². The van der Waals surface area contributed by atoms with Crippen molar-refractivity contribution >= 4 is 30.7 Å². The van der Waals surface area contributed by atoms with Gasteiger partial charge in [-0.1, -0.05) is 6.42 Å². The molecule has 2 rings (SSSR count). The summed E-state index contributed by atoms with van der Waals surface area (Å²) in [4.78, 5) is 14.2. The molecule has 0 aromatic heterocycles. The minimum absolute atomic E-state index is 0. The Morgan fingerprint density at radius 3 is 2.60 bits per heavy atom. The predicted octanol–water partition coefficient (Wildman–Crippen LogP) is 1.82. The minimum atomic E-state index is 0. The topological polar surface area (TPSA) is 44.4 Å². The average molecular weight is 326 g/mol. The number of nitrogens with one attached hydrogen (secondary N) is 2. The standard InChI is InChI=1S/C14H27N3O.2ClH/c18-14(5-4-13-6-7-15-12-13)16-8-11-17-9-2-1-3-10-17;;/h13,15H,1-12H2,(H,16,18);2*1H. The third-order valence-electron chi connectivity index (χ3n) is 4.14. The van der Waals surface area contributed by atoms with E-state index in [1.54, 1.807) is 0 Å². The molecular formula is C14H29Cl2N3O. The molecule has 120 valence electrons. The first-order chi connectivity index (χ1) is 8.84. The van der Waals surface area contributed by atoms with Crippen molar-refractivity contribution < 1.29 is 4.79 Å². The summed E-state index contributed by atoms with van der Waals surface area (Å²) >= 11 is 0. The summed E-state index contributed by atoms with van der Waals surface area (Å²) in [5.41, 5.74) is 0. The summed E-state index contributed by atoms with van der Waals surface area (Å²) in [6, 6.07) is 0. The number of amides is 1. The Labute approximate surface area is 135 Å². The largest absolute Gasteiger partial charge is 0.355 e. The van der Waals surface area contributed by atoms with Crippen LogP contribution in [0.15, 0.2) is 0 Å². The molecule has 6 heteroatoms. The Kier molecular flexibility index (Phi) is 11.6. The van der Waals surface area contributed by atoms with Crippen molar-refractivity contribution in [1.82, 2.24) is 15.5 Å². The number of piperidine rings is 1. The summed E-state index contributed by atoms with van der Waals surface area (Å²) in [5, 5.41) is 6.40. The number of carbonyl (C=O) groups is 1. The lowest BCUT2D eigenvalue weighted by atomic mass is 10.0. The van der Waals surface area contributed by atoms with E-state index in [0.717, 1.165) is 38.5 Å². The van der Waals surface area contributed by atoms with Gasteiger partial charge in [-0.05, 0) is 57.8 Å². The van der Waals surface area contributed by atoms with Crippen LogP contribution in [0, 0.1) is 5.92 Å². The van der Waals surface area contributed by atoms with Crippen LogP contribution in [0.4, 0.5) is 0 Å². The molecular weight excluding hydrogens is 297 g/mol. The lowest BCUT2D eigenvalue weighted by molar-refractivity contribution is -0.121. The number of carbonyl (C=O) groups excluding carboxylic acids is 1. The van der Waals surface area contributed by atoms with E-state index in [-0.39, 0.29) is 30.7 Å². The zero-order chi connectivity index (χ0) is 12.6. The second kappa shape index (κ2) is 11.6. The third-order valence-corrected chi connectivity index (χ3v) is 4.14. The van der Waals surface area contributed by atoms with Crippen molar-refractivity contribution in [2.45, 2.75) is 38.5 Å². The predicted molar refractivity (Wildman–Crippen MR) is 88.0 cm³/mol. The van der Waals surface area contributed by atoms with Gasteiger partial charge in [-0.25, -0.2) is 0 Å². The molecule has 0 bridgehead atoms. The van der Waals surface area contributed by atoms with E-state index in [4.69, 9.17) is 0 Å². The van der Waals surface area contributed by atoms with Gasteiger partial charge in [0.2, 0.25) is 5.91 Å². The van der Waals surface area contributed by atoms with E-state index >= 15 is 0 Å². The van der Waals surface area contributed by atoms with Crippen molar-refractivity contribution in [2.75, 3.05) is 39.3 Å². The fourth-order valence-corrected chi connectivity index (χ4v) is 2.92. The number of halogens is 2. The van der Waals surface area contributed by atoms with E-state index in [1.807, 2.05) is 0 Å². The molecule has 2 aliphatic heterocycles. The van der Waals surface area contributed by atoms with Crippen LogP contribution >= 0.6 is 24.8 Å². The van der Waals surface area contributed by atoms with Crippen LogP contribution in [0.25, 0.3) is 0 Å². The maximum Gasteiger partial charge on any atom is 0.220 e. The number of nitrogens with zero attached hydrogens (tertiary/aromatic N) is 1. The van der Waals surface area contributed by atoms with Crippen molar-refractivity contribution in [1.29, 1.82) is 0 Å². The van der Waals surface area contributed by atoms with Gasteiger partial charge in [0.25, 0.3) is 0 Å². The molecule has 4 nitrogen and oxygen atoms in total. The Balaban J connectivity index is 0.00000180. The van der Waals surface area contributed by atoms with Gasteiger partial charge in [-0.3, -0.25) is 4.79 Å². The summed E-state index contributed by atoms with van der Waals surface area (Å²) in [7, 11) is 0. The molecule has 0 aromatic carbocycles. The van der Waals surface area contributed by atoms with Crippen molar-refractivity contribution in [3.63, 3.8) is 0 Å². The fraction of sp³-hybridized carbons (Fsp3) is 0.929. The molecule has 0 radical (unpaired) electrons. The molecule has 2 fully saturated rings. The summed E-state index contributed by atoms with van der Waals surface area (Å²) in [6.07, 6.45) is 7.00. The highest BCUT2D eigenvalue weighted by Gasteiger charge is 2.15. The number of rotatable bonds is 6. The maximum absolute atomic E-state index is 11.7. The first kappa shape index (κ1) is 20.0. The van der Waals surface area contributed by atoms with Gasteiger partial charge in [0.1, 0.15) is 0 Å². The van der Waals surface area contributed by atoms with Crippen LogP contribution in [0.2, 0.25) is 0 Å². The summed E-state index contributed by atoms with van der Waals surface area (Å²) in [6.45, 7) is 6.49. The van der Waals surface area contributed by atoms with E-state index in [9.17, 15) is 4.79 Å². The van der Waals surface area contributed by atoms with Gasteiger partial charge in [0.05, 0.1) is 0 Å². The highest BCUT2D eigenvalue weighted by atomic mass is 35.5. The number of hydrogen-bond donors (Lipinski definition) is 2. The quantitative estimate of drug-likeness (QED) is 0.783. The molecule has 2 N–H and O–H groups in total. The van der Waals surface area contributed by atoms with E-state index < -0.39 is 0 Å². The molecule has 0 saturated carbocycles. The first-order valence-electron chi connectivity index (χ1n) is 7.54. The van der Waals surface area contributed by atoms with Gasteiger partial charge in [0, 0.05) is 19.5 Å². The minimum Gasteiger partial charge on any atom is -0.355 e. The van der Waals surface area contributed by atoms with Gasteiger partial charge in [-0.15, -0.1) is 24.8 Å². The Morgan fingerprint density at radius 1 is 1.20 bits per heavy atom. The zero-order valence-electron chi connectivity index (χ0n) is 12.2. The monoisotopic (exact) mass is 325 g/mol. The van der Waals surface area contributed by atoms with E-state index in [0.29, 0.717) is 6.42 Å². The third kappa shape index (κ3) is 7.67. The van der Waals surface area contributed by atoms with Gasteiger partial charge >= 0.3 is 0 Å². The SMILES string of the molecule is Cl.Cl.O=C(CCC1CCNC1)NCCN1CCCCC1. The molecule has 1 amide bonds. The van der Waals surface area contributed by atoms with Crippen molar-refractivity contribution in [3.05, 3.63) is 0 Å². The van der Waals surface area contributed by atoms with Gasteiger partial charge < -0.3 is 15.5 Å². The van der Waals surface area contributed by atoms with Gasteiger partial charge in [-0.2, -0.15) is 0 Å². The Morgan fingerprint density at radius 2 is 1.95 bits per heavy atom. The van der Waals surface area contributed by atoms with Crippen LogP contribution in [-0.2, 0) is 4.79 Å². The van der Waals surface area contributed by atoms with Crippen LogP contribution < -0.4 is 10.6 Å². The molecule has 2 heterocycles. The van der Waals surface area contributed by atoms with Crippen LogP contribution in [0.1, 0.15) is 38.5 Å². The fourth-order valence-electron chi connectivity index (χ4n) is 2.92. The first-order valence-corrected chi connectivity index (χ1v) is 7.54. The van der Waals surface area contributed by atoms with E-state index in [1.165, 1.54) is 38.8 Å². The molecule has 2 aliphatic rings. The molecule has 2 saturated heterocycles. The number of hydrogen-bond acceptors (Lipinski definition) is 3. The highest BCUT2D eigenvalue weighted by Crippen LogP contribution is 2.13. The lowest BCUT2D eigenvalue weighted by Gasteiger charge is -2.26. The van der Waals surface area contributed by atoms with Crippen molar-refractivity contribution in [3.8, 4) is 0 Å². The summed E-state index contributed by atoms with van der Waals surface area (Å²) < 4.78 is 0. The maximum atomic E-state index is 11.7. The normalized spacial score (nSPS) is 22.7. The number of likely N-dealkylation sites (tertiary alicyclic amines) is 1. The lowest BCUT2D eigenvalue weighted by Crippen LogP contribution is -2.37. The van der Waals surface area contributed by atoms with Crippen molar-refractivity contribution in [2.24, 2.45) is 5.92 Å². The molecule has 0 aromatic rings. The smallest absolute Gasteiger partial charge is 0.220 e. The van der Waals surface area contributed by atoms with Crippen LogP contribution in [-0.4, -0.2) is 50.1 Å². The molecule has 0 aliphatic carbocycles. The molecule has 1 unspecified atom stereocenters. The summed E-state index contributed by atoms with van der Waals surface area (Å²) in [5.74, 6) is 0.955. The molecule has 0 spiro atoms.